The van der Waals surface area contributed by atoms with Crippen molar-refractivity contribution in [2.24, 2.45) is 0 Å². The fourth-order valence-electron chi connectivity index (χ4n) is 2.98. The van der Waals surface area contributed by atoms with E-state index in [9.17, 15) is 0 Å². The molecule has 0 N–H and O–H groups in total. The van der Waals surface area contributed by atoms with Crippen LogP contribution in [0.15, 0.2) is 47.4 Å². The first kappa shape index (κ1) is 17.1. The monoisotopic (exact) mass is 338 g/mol. The first-order chi connectivity index (χ1) is 11.7. The van der Waals surface area contributed by atoms with Gasteiger partial charge in [0.15, 0.2) is 0 Å². The minimum atomic E-state index is 1.03. The van der Waals surface area contributed by atoms with E-state index in [0.29, 0.717) is 0 Å². The van der Waals surface area contributed by atoms with Gasteiger partial charge in [-0.05, 0) is 49.3 Å². The maximum absolute atomic E-state index is 4.97. The molecule has 1 aromatic heterocycles. The summed E-state index contributed by atoms with van der Waals surface area (Å²) in [6.07, 6.45) is 3.57. The molecule has 0 unspecified atom stereocenters. The predicted octanol–water partition coefficient (Wildman–Crippen LogP) is 6.31. The molecule has 3 rings (SSSR count). The number of aryl methyl sites for hydroxylation is 2. The van der Waals surface area contributed by atoms with Gasteiger partial charge in [0.25, 0.3) is 0 Å². The highest BCUT2D eigenvalue weighted by Crippen LogP contribution is 2.30. The van der Waals surface area contributed by atoms with Gasteiger partial charge < -0.3 is 4.57 Å². The van der Waals surface area contributed by atoms with E-state index in [-0.39, 0.29) is 0 Å². The van der Waals surface area contributed by atoms with Crippen molar-refractivity contribution in [2.45, 2.75) is 51.5 Å². The molecule has 0 saturated carbocycles. The Morgan fingerprint density at radius 1 is 1.04 bits per heavy atom. The summed E-state index contributed by atoms with van der Waals surface area (Å²) >= 11 is 1.93. The van der Waals surface area contributed by atoms with Crippen LogP contribution in [-0.4, -0.2) is 15.3 Å². The summed E-state index contributed by atoms with van der Waals surface area (Å²) < 4.78 is 2.41. The SMILES string of the molecule is CCCCn1c(-c2ccccc2C)nc2ccc(SCCC)cc21. The van der Waals surface area contributed by atoms with Gasteiger partial charge in [0, 0.05) is 17.0 Å². The molecule has 3 aromatic rings. The fraction of sp³-hybridized carbons (Fsp3) is 0.381. The summed E-state index contributed by atoms with van der Waals surface area (Å²) in [5, 5.41) is 0. The second-order valence-electron chi connectivity index (χ2n) is 6.25. The van der Waals surface area contributed by atoms with E-state index < -0.39 is 0 Å². The number of hydrogen-bond donors (Lipinski definition) is 0. The third kappa shape index (κ3) is 3.51. The number of fused-ring (bicyclic) bond motifs is 1. The van der Waals surface area contributed by atoms with Gasteiger partial charge in [-0.15, -0.1) is 11.8 Å². The van der Waals surface area contributed by atoms with Crippen LogP contribution in [0.2, 0.25) is 0 Å². The maximum Gasteiger partial charge on any atom is 0.141 e. The Hall–Kier alpha value is -1.74. The molecule has 0 aliphatic heterocycles. The third-order valence-electron chi connectivity index (χ3n) is 4.31. The van der Waals surface area contributed by atoms with Crippen molar-refractivity contribution in [2.75, 3.05) is 5.75 Å². The number of nitrogens with zero attached hydrogens (tertiary/aromatic N) is 2. The molecule has 0 bridgehead atoms. The lowest BCUT2D eigenvalue weighted by atomic mass is 10.1. The van der Waals surface area contributed by atoms with Crippen molar-refractivity contribution in [3.63, 3.8) is 0 Å². The minimum Gasteiger partial charge on any atom is -0.324 e. The van der Waals surface area contributed by atoms with Gasteiger partial charge in [-0.25, -0.2) is 4.98 Å². The number of benzene rings is 2. The van der Waals surface area contributed by atoms with Crippen LogP contribution in [0, 0.1) is 6.92 Å². The van der Waals surface area contributed by atoms with Gasteiger partial charge >= 0.3 is 0 Å². The van der Waals surface area contributed by atoms with Crippen LogP contribution < -0.4 is 0 Å². The zero-order valence-corrected chi connectivity index (χ0v) is 15.7. The van der Waals surface area contributed by atoms with E-state index in [1.807, 2.05) is 11.8 Å². The second kappa shape index (κ2) is 7.89. The number of unbranched alkanes of at least 4 members (excludes halogenated alkanes) is 1. The lowest BCUT2D eigenvalue weighted by Crippen LogP contribution is -2.01. The van der Waals surface area contributed by atoms with Crippen LogP contribution in [-0.2, 0) is 6.54 Å². The van der Waals surface area contributed by atoms with Crippen LogP contribution in [0.1, 0.15) is 38.7 Å². The number of rotatable bonds is 7. The molecule has 0 atom stereocenters. The Morgan fingerprint density at radius 3 is 2.62 bits per heavy atom. The quantitative estimate of drug-likeness (QED) is 0.469. The second-order valence-corrected chi connectivity index (χ2v) is 7.42. The topological polar surface area (TPSA) is 17.8 Å². The highest BCUT2D eigenvalue weighted by atomic mass is 32.2. The Labute approximate surface area is 149 Å². The van der Waals surface area contributed by atoms with Crippen LogP contribution in [0.3, 0.4) is 0 Å². The van der Waals surface area contributed by atoms with Gasteiger partial charge in [0.1, 0.15) is 5.82 Å². The van der Waals surface area contributed by atoms with Crippen molar-refractivity contribution in [1.82, 2.24) is 9.55 Å². The van der Waals surface area contributed by atoms with E-state index in [1.54, 1.807) is 0 Å². The Morgan fingerprint density at radius 2 is 1.88 bits per heavy atom. The van der Waals surface area contributed by atoms with Crippen molar-refractivity contribution in [3.05, 3.63) is 48.0 Å². The van der Waals surface area contributed by atoms with Gasteiger partial charge in [0.2, 0.25) is 0 Å². The zero-order valence-electron chi connectivity index (χ0n) is 14.9. The summed E-state index contributed by atoms with van der Waals surface area (Å²) in [6, 6.07) is 15.3. The molecule has 2 aromatic carbocycles. The molecular formula is C21H26N2S. The van der Waals surface area contributed by atoms with Gasteiger partial charge in [-0.2, -0.15) is 0 Å². The zero-order chi connectivity index (χ0) is 16.9. The molecule has 0 aliphatic carbocycles. The molecule has 0 fully saturated rings. The van der Waals surface area contributed by atoms with E-state index in [0.717, 1.165) is 17.9 Å². The Balaban J connectivity index is 2.12. The first-order valence-electron chi connectivity index (χ1n) is 8.93. The molecule has 0 spiro atoms. The van der Waals surface area contributed by atoms with Crippen molar-refractivity contribution >= 4 is 22.8 Å². The minimum absolute atomic E-state index is 1.03. The van der Waals surface area contributed by atoms with E-state index in [4.69, 9.17) is 4.98 Å². The molecule has 1 heterocycles. The van der Waals surface area contributed by atoms with Crippen LogP contribution in [0.5, 0.6) is 0 Å². The van der Waals surface area contributed by atoms with Crippen LogP contribution in [0.4, 0.5) is 0 Å². The van der Waals surface area contributed by atoms with Crippen LogP contribution in [0.25, 0.3) is 22.4 Å². The molecule has 3 heteroatoms. The molecule has 2 nitrogen and oxygen atoms in total. The predicted molar refractivity (Wildman–Crippen MR) is 106 cm³/mol. The van der Waals surface area contributed by atoms with E-state index in [2.05, 4.69) is 67.8 Å². The molecule has 126 valence electrons. The highest BCUT2D eigenvalue weighted by Gasteiger charge is 2.14. The van der Waals surface area contributed by atoms with Gasteiger partial charge in [-0.1, -0.05) is 44.5 Å². The number of imidazole rings is 1. The molecule has 0 amide bonds. The average molecular weight is 339 g/mol. The highest BCUT2D eigenvalue weighted by molar-refractivity contribution is 7.99. The summed E-state index contributed by atoms with van der Waals surface area (Å²) in [7, 11) is 0. The lowest BCUT2D eigenvalue weighted by Gasteiger charge is -2.11. The van der Waals surface area contributed by atoms with E-state index in [1.165, 1.54) is 46.6 Å². The van der Waals surface area contributed by atoms with Gasteiger partial charge in [0.05, 0.1) is 11.0 Å². The smallest absolute Gasteiger partial charge is 0.141 e. The molecular weight excluding hydrogens is 312 g/mol. The maximum atomic E-state index is 4.97. The molecule has 24 heavy (non-hydrogen) atoms. The Bertz CT molecular complexity index is 820. The first-order valence-corrected chi connectivity index (χ1v) is 9.92. The molecule has 0 aliphatic rings. The Kier molecular flexibility index (Phi) is 5.62. The summed E-state index contributed by atoms with van der Waals surface area (Å²) in [5.41, 5.74) is 4.90. The van der Waals surface area contributed by atoms with Crippen molar-refractivity contribution in [3.8, 4) is 11.4 Å². The number of aromatic nitrogens is 2. The van der Waals surface area contributed by atoms with Crippen molar-refractivity contribution < 1.29 is 0 Å². The number of thioether (sulfide) groups is 1. The third-order valence-corrected chi connectivity index (χ3v) is 5.51. The lowest BCUT2D eigenvalue weighted by molar-refractivity contribution is 0.650. The van der Waals surface area contributed by atoms with Gasteiger partial charge in [-0.3, -0.25) is 0 Å². The number of hydrogen-bond acceptors (Lipinski definition) is 2. The summed E-state index contributed by atoms with van der Waals surface area (Å²) in [6.45, 7) is 7.67. The molecule has 0 saturated heterocycles. The standard InChI is InChI=1S/C21H26N2S/c1-4-6-13-23-20-15-17(24-14-5-2)11-12-19(20)22-21(23)18-10-8-7-9-16(18)3/h7-12,15H,4-6,13-14H2,1-3H3. The fourth-order valence-corrected chi connectivity index (χ4v) is 3.78. The summed E-state index contributed by atoms with van der Waals surface area (Å²) in [4.78, 5) is 6.32. The average Bonchev–Trinajstić information content (AvgIpc) is 2.96. The summed E-state index contributed by atoms with van der Waals surface area (Å²) in [5.74, 6) is 2.27. The normalized spacial score (nSPS) is 11.3. The molecule has 0 radical (unpaired) electrons. The largest absolute Gasteiger partial charge is 0.324 e. The van der Waals surface area contributed by atoms with Crippen molar-refractivity contribution in [1.29, 1.82) is 0 Å². The van der Waals surface area contributed by atoms with E-state index >= 15 is 0 Å². The van der Waals surface area contributed by atoms with Crippen LogP contribution >= 0.6 is 11.8 Å².